The largest absolute Gasteiger partial charge is 0.340 e. The van der Waals surface area contributed by atoms with Crippen LogP contribution in [0, 0.1) is 44.7 Å². The molecular formula is C8HN4S2+. The van der Waals surface area contributed by atoms with Crippen LogP contribution in [0.3, 0.4) is 0 Å². The van der Waals surface area contributed by atoms with Gasteiger partial charge in [-0.2, -0.15) is 15.8 Å². The van der Waals surface area contributed by atoms with Gasteiger partial charge in [0.15, 0.2) is 21.8 Å². The molecule has 64 valence electrons. The maximum Gasteiger partial charge on any atom is 0.340 e. The van der Waals surface area contributed by atoms with E-state index in [0.717, 1.165) is 10.8 Å². The van der Waals surface area contributed by atoms with Crippen LogP contribution in [0.1, 0.15) is 0 Å². The molecule has 0 aromatic carbocycles. The minimum absolute atomic E-state index is 0.160. The first-order valence-corrected chi connectivity index (χ1v) is 5.81. The molecule has 0 amide bonds. The first-order chi connectivity index (χ1) is 6.76. The second-order valence-corrected chi connectivity index (χ2v) is 5.26. The molecule has 1 rings (SSSR count). The van der Waals surface area contributed by atoms with E-state index in [9.17, 15) is 0 Å². The summed E-state index contributed by atoms with van der Waals surface area (Å²) in [5.74, 6) is 0. The predicted molar refractivity (Wildman–Crippen MR) is 52.5 cm³/mol. The molecule has 0 aromatic heterocycles. The van der Waals surface area contributed by atoms with Crippen LogP contribution in [-0.2, 0) is 9.93 Å². The van der Waals surface area contributed by atoms with E-state index in [0.29, 0.717) is 0 Å². The summed E-state index contributed by atoms with van der Waals surface area (Å²) < 4.78 is 0. The molecule has 1 unspecified atom stereocenters. The maximum absolute atomic E-state index is 8.70. The minimum Gasteiger partial charge on any atom is -0.192 e. The van der Waals surface area contributed by atoms with Crippen molar-refractivity contribution in [3.05, 3.63) is 21.5 Å². The summed E-state index contributed by atoms with van der Waals surface area (Å²) in [4.78, 5) is 0.449. The Hall–Kier alpha value is -1.86. The minimum atomic E-state index is -0.951. The first-order valence-electron chi connectivity index (χ1n) is 3.25. The zero-order valence-electron chi connectivity index (χ0n) is 6.68. The predicted octanol–water partition coefficient (Wildman–Crippen LogP) is 1.46. The molecule has 0 fully saturated rings. The first kappa shape index (κ1) is 10.2. The molecule has 0 saturated carbocycles. The third kappa shape index (κ3) is 1.73. The van der Waals surface area contributed by atoms with Gasteiger partial charge in [0.05, 0.1) is 5.57 Å². The van der Waals surface area contributed by atoms with Gasteiger partial charge in [0.25, 0.3) is 4.91 Å². The van der Waals surface area contributed by atoms with Crippen molar-refractivity contribution in [3.63, 3.8) is 0 Å². The van der Waals surface area contributed by atoms with E-state index in [2.05, 4.69) is 0 Å². The normalized spacial score (nSPS) is 19.7. The van der Waals surface area contributed by atoms with Gasteiger partial charge in [-0.25, -0.2) is 0 Å². The average molecular weight is 217 g/mol. The molecule has 0 bridgehead atoms. The lowest BCUT2D eigenvalue weighted by atomic mass is 10.2. The van der Waals surface area contributed by atoms with Crippen LogP contribution in [0.5, 0.6) is 0 Å². The number of allylic oxidation sites excluding steroid dienone is 4. The van der Waals surface area contributed by atoms with E-state index in [-0.39, 0.29) is 15.4 Å². The zero-order chi connectivity index (χ0) is 10.6. The van der Waals surface area contributed by atoms with Gasteiger partial charge in [-0.15, -0.1) is 5.26 Å². The van der Waals surface area contributed by atoms with Crippen molar-refractivity contribution in [1.82, 2.24) is 0 Å². The van der Waals surface area contributed by atoms with Crippen LogP contribution in [0.4, 0.5) is 0 Å². The molecule has 14 heavy (non-hydrogen) atoms. The van der Waals surface area contributed by atoms with Crippen LogP contribution >= 0.6 is 10.8 Å². The standard InChI is InChI=1S/C8HN4S2/c9-2-6-1-7(3-10)14(5-12)13-8(6)4-11/h1H/q+1. The highest BCUT2D eigenvalue weighted by Crippen LogP contribution is 2.37. The summed E-state index contributed by atoms with van der Waals surface area (Å²) >= 11 is 0. The number of nitrogens with zero attached hydrogens (tertiary/aromatic N) is 4. The van der Waals surface area contributed by atoms with Crippen molar-refractivity contribution in [2.45, 2.75) is 0 Å². The number of nitriles is 4. The average Bonchev–Trinajstić information content (AvgIpc) is 2.26. The Bertz CT molecular complexity index is 489. The van der Waals surface area contributed by atoms with E-state index in [1.807, 2.05) is 23.6 Å². The monoisotopic (exact) mass is 217 g/mol. The summed E-state index contributed by atoms with van der Waals surface area (Å²) in [6, 6.07) is 5.50. The van der Waals surface area contributed by atoms with Crippen LogP contribution in [0.25, 0.3) is 0 Å². The van der Waals surface area contributed by atoms with E-state index in [1.165, 1.54) is 6.08 Å². The van der Waals surface area contributed by atoms with Gasteiger partial charge in [0.1, 0.15) is 12.1 Å². The SMILES string of the molecule is N#CC1=CC(C#N)=C(C#N)S[S+]1C#N. The molecule has 1 aliphatic heterocycles. The molecule has 0 aromatic rings. The van der Waals surface area contributed by atoms with Gasteiger partial charge in [-0.05, 0) is 0 Å². The molecule has 1 heterocycles. The summed E-state index contributed by atoms with van der Waals surface area (Å²) in [5.41, 5.74) is 0.160. The van der Waals surface area contributed by atoms with Crippen LogP contribution < -0.4 is 0 Å². The molecular weight excluding hydrogens is 216 g/mol. The smallest absolute Gasteiger partial charge is 0.192 e. The third-order valence-corrected chi connectivity index (χ3v) is 4.48. The van der Waals surface area contributed by atoms with Crippen molar-refractivity contribution in [3.8, 4) is 23.6 Å². The molecule has 6 heteroatoms. The second kappa shape index (κ2) is 4.40. The van der Waals surface area contributed by atoms with E-state index >= 15 is 0 Å². The summed E-state index contributed by atoms with van der Waals surface area (Å²) in [5, 5.41) is 36.6. The topological polar surface area (TPSA) is 95.2 Å². The number of hydrogen-bond donors (Lipinski definition) is 0. The molecule has 1 atom stereocenters. The summed E-state index contributed by atoms with van der Waals surface area (Å²) in [6.45, 7) is 0. The third-order valence-electron chi connectivity index (χ3n) is 1.30. The molecule has 1 aliphatic rings. The zero-order valence-corrected chi connectivity index (χ0v) is 8.32. The lowest BCUT2D eigenvalue weighted by Crippen LogP contribution is -2.02. The Morgan fingerprint density at radius 1 is 1.07 bits per heavy atom. The lowest BCUT2D eigenvalue weighted by molar-refractivity contribution is 1.46. The van der Waals surface area contributed by atoms with Gasteiger partial charge < -0.3 is 0 Å². The fraction of sp³-hybridized carbons (Fsp3) is 0. The second-order valence-electron chi connectivity index (χ2n) is 2.03. The molecule has 4 nitrogen and oxygen atoms in total. The van der Waals surface area contributed by atoms with E-state index in [1.54, 1.807) is 0 Å². The summed E-state index contributed by atoms with van der Waals surface area (Å²) in [6.07, 6.45) is 1.31. The highest BCUT2D eigenvalue weighted by Gasteiger charge is 2.36. The van der Waals surface area contributed by atoms with Crippen molar-refractivity contribution in [2.24, 2.45) is 0 Å². The van der Waals surface area contributed by atoms with Crippen LogP contribution in [-0.4, -0.2) is 0 Å². The molecule has 0 radical (unpaired) electrons. The Labute approximate surface area is 87.1 Å². The van der Waals surface area contributed by atoms with Crippen molar-refractivity contribution >= 4 is 20.7 Å². The van der Waals surface area contributed by atoms with Crippen LogP contribution in [0.15, 0.2) is 21.5 Å². The number of thiocyanates is 1. The number of rotatable bonds is 0. The van der Waals surface area contributed by atoms with Gasteiger partial charge in [0.2, 0.25) is 9.93 Å². The fourth-order valence-electron chi connectivity index (χ4n) is 0.727. The van der Waals surface area contributed by atoms with Crippen molar-refractivity contribution < 1.29 is 0 Å². The molecule has 0 saturated heterocycles. The maximum atomic E-state index is 8.70. The Kier molecular flexibility index (Phi) is 3.21. The Morgan fingerprint density at radius 2 is 1.79 bits per heavy atom. The van der Waals surface area contributed by atoms with Gasteiger partial charge in [-0.3, -0.25) is 0 Å². The quantitative estimate of drug-likeness (QED) is 0.347. The van der Waals surface area contributed by atoms with E-state index in [4.69, 9.17) is 21.0 Å². The fourth-order valence-corrected chi connectivity index (χ4v) is 3.18. The van der Waals surface area contributed by atoms with E-state index < -0.39 is 9.93 Å². The van der Waals surface area contributed by atoms with Crippen molar-refractivity contribution in [1.29, 1.82) is 21.0 Å². The van der Waals surface area contributed by atoms with Crippen LogP contribution in [0.2, 0.25) is 0 Å². The van der Waals surface area contributed by atoms with Crippen molar-refractivity contribution in [2.75, 3.05) is 0 Å². The molecule has 0 spiro atoms. The lowest BCUT2D eigenvalue weighted by Gasteiger charge is -2.00. The summed E-state index contributed by atoms with van der Waals surface area (Å²) in [7, 11) is 0.0178. The van der Waals surface area contributed by atoms with Gasteiger partial charge in [-0.1, -0.05) is 0 Å². The molecule has 0 aliphatic carbocycles. The highest BCUT2D eigenvalue weighted by molar-refractivity contribution is 8.78. The van der Waals surface area contributed by atoms with Gasteiger partial charge >= 0.3 is 5.40 Å². The highest BCUT2D eigenvalue weighted by atomic mass is 33.1. The Balaban J connectivity index is 3.25. The number of hydrogen-bond acceptors (Lipinski definition) is 5. The Morgan fingerprint density at radius 3 is 2.21 bits per heavy atom. The van der Waals surface area contributed by atoms with Gasteiger partial charge in [0, 0.05) is 6.08 Å². The molecule has 0 N–H and O–H groups in total.